The van der Waals surface area contributed by atoms with Gasteiger partial charge < -0.3 is 92.3 Å². The fourth-order valence-corrected chi connectivity index (χ4v) is 17.5. The Bertz CT molecular complexity index is 3100. The third kappa shape index (κ3) is 21.4. The van der Waals surface area contributed by atoms with E-state index in [4.69, 9.17) is 10.2 Å². The first kappa shape index (κ1) is 81.4. The SMILES string of the molecule is CCCC[C@@]1(CC)CS(=O)(=O)c2ccc(N(C)C)cc2[C@H](c2cccc(NC(=O)CCCCNC[C@H](O)[C@@H](O)[C@H](O)[C@H](O)CO)c2)[C@@H]1O.CCCC[C@]1(CC)CS(=O)(=O)c2ccc(N(C)C)cc2[C@@H](c2cccc(NC(=O)CCCCNC[C@H](O)[C@@H](O)[C@H](O)[C@H](O)CO)c2)[C@H]1O. The van der Waals surface area contributed by atoms with Gasteiger partial charge in [-0.05, 0) is 147 Å². The first-order chi connectivity index (χ1) is 45.4. The average molecular weight is 1390 g/mol. The van der Waals surface area contributed by atoms with Crippen LogP contribution in [0.3, 0.4) is 0 Å². The van der Waals surface area contributed by atoms with E-state index in [1.165, 1.54) is 0 Å². The van der Waals surface area contributed by atoms with Gasteiger partial charge in [-0.15, -0.1) is 0 Å². The lowest BCUT2D eigenvalue weighted by Crippen LogP contribution is -2.49. The molecule has 2 aliphatic heterocycles. The largest absolute Gasteiger partial charge is 0.394 e. The van der Waals surface area contributed by atoms with E-state index in [1.807, 2.05) is 88.2 Å². The third-order valence-corrected chi connectivity index (χ3v) is 23.1. The van der Waals surface area contributed by atoms with E-state index in [1.54, 1.807) is 48.5 Å². The minimum absolute atomic E-state index is 0.0550. The predicted octanol–water partition coefficient (Wildman–Crippen LogP) is 3.51. The summed E-state index contributed by atoms with van der Waals surface area (Å²) in [6.45, 7) is 7.24. The van der Waals surface area contributed by atoms with Crippen LogP contribution in [0.15, 0.2) is 94.7 Å². The molecule has 4 aromatic rings. The number of rotatable bonds is 36. The van der Waals surface area contributed by atoms with Crippen molar-refractivity contribution in [1.29, 1.82) is 0 Å². The molecule has 0 saturated carbocycles. The van der Waals surface area contributed by atoms with Crippen molar-refractivity contribution in [2.45, 2.75) is 200 Å². The molecule has 0 fully saturated rings. The van der Waals surface area contributed by atoms with Gasteiger partial charge in [-0.3, -0.25) is 9.59 Å². The molecule has 96 heavy (non-hydrogen) atoms. The van der Waals surface area contributed by atoms with Crippen LogP contribution in [0.25, 0.3) is 0 Å². The molecule has 2 heterocycles. The lowest BCUT2D eigenvalue weighted by molar-refractivity contribution is -0.117. The standard InChI is InChI=1S/2C35H55N3O9S/c2*1-5-7-16-35(6-2)22-48(46,47)29-15-14-25(38(3)4)19-26(29)31(34(35)45)23-11-10-12-24(18-23)37-30(42)13-8-9-17-36-20-27(40)32(43)33(44)28(41)21-39/h2*10-12,14-15,18-19,27-28,31-34,36,39-41,43-45H,5-9,13,16-17,20-22H2,1-4H3,(H,37,42)/t27-,28+,31+,32+,33+,34+,35+;27-,28+,31-,32+,33+,34-,35-/m00/s1. The molecular formula is C70H110N6O18S2. The number of aliphatic hydroxyl groups excluding tert-OH is 12. The molecule has 0 unspecified atom stereocenters. The van der Waals surface area contributed by atoms with Crippen LogP contribution < -0.4 is 31.1 Å². The number of benzene rings is 4. The predicted molar refractivity (Wildman–Crippen MR) is 372 cm³/mol. The molecule has 0 aliphatic carbocycles. The second kappa shape index (κ2) is 37.8. The van der Waals surface area contributed by atoms with E-state index >= 15 is 0 Å². The van der Waals surface area contributed by atoms with Crippen molar-refractivity contribution >= 4 is 54.2 Å². The summed E-state index contributed by atoms with van der Waals surface area (Å²) in [5, 5.41) is 132. The van der Waals surface area contributed by atoms with Crippen molar-refractivity contribution < 1.29 is 87.7 Å². The van der Waals surface area contributed by atoms with Gasteiger partial charge in [0.2, 0.25) is 11.8 Å². The quantitative estimate of drug-likeness (QED) is 0.0290. The molecule has 0 bridgehead atoms. The molecule has 0 aromatic heterocycles. The maximum atomic E-state index is 13.9. The number of hydrogen-bond acceptors (Lipinski definition) is 22. The van der Waals surface area contributed by atoms with Crippen LogP contribution in [0.2, 0.25) is 0 Å². The second-order valence-corrected chi connectivity index (χ2v) is 30.4. The van der Waals surface area contributed by atoms with Crippen LogP contribution in [0.4, 0.5) is 22.7 Å². The fourth-order valence-electron chi connectivity index (χ4n) is 13.0. The van der Waals surface area contributed by atoms with Gasteiger partial charge >= 0.3 is 0 Å². The van der Waals surface area contributed by atoms with Crippen LogP contribution in [0.5, 0.6) is 0 Å². The Labute approximate surface area is 567 Å². The molecule has 6 rings (SSSR count). The molecule has 2 aliphatic rings. The normalized spacial score (nSPS) is 23.0. The molecule has 26 heteroatoms. The first-order valence-corrected chi connectivity index (χ1v) is 37.0. The highest BCUT2D eigenvalue weighted by atomic mass is 32.2. The Morgan fingerprint density at radius 1 is 0.500 bits per heavy atom. The molecule has 4 aromatic carbocycles. The molecule has 14 atom stereocenters. The topological polar surface area (TPSA) is 400 Å². The van der Waals surface area contributed by atoms with E-state index in [0.29, 0.717) is 98.1 Å². The fraction of sp³-hybridized carbons (Fsp3) is 0.629. The Balaban J connectivity index is 0.000000347. The second-order valence-electron chi connectivity index (χ2n) is 26.5. The van der Waals surface area contributed by atoms with Crippen molar-refractivity contribution in [2.75, 3.05) is 99.5 Å². The monoisotopic (exact) mass is 1390 g/mol. The van der Waals surface area contributed by atoms with Gasteiger partial charge in [0.25, 0.3) is 0 Å². The molecule has 540 valence electrons. The minimum Gasteiger partial charge on any atom is -0.394 e. The number of nitrogens with one attached hydrogen (secondary N) is 4. The minimum atomic E-state index is -3.72. The van der Waals surface area contributed by atoms with Crippen molar-refractivity contribution in [3.63, 3.8) is 0 Å². The van der Waals surface area contributed by atoms with Gasteiger partial charge in [0, 0.05) is 99.5 Å². The Kier molecular flexibility index (Phi) is 32.1. The molecule has 16 N–H and O–H groups in total. The van der Waals surface area contributed by atoms with Crippen molar-refractivity contribution in [2.24, 2.45) is 10.8 Å². The number of carbonyl (C=O) groups excluding carboxylic acids is 2. The zero-order valence-electron chi connectivity index (χ0n) is 57.1. The summed E-state index contributed by atoms with van der Waals surface area (Å²) in [6.07, 6.45) is -6.33. The van der Waals surface area contributed by atoms with E-state index in [9.17, 15) is 77.5 Å². The summed E-state index contributed by atoms with van der Waals surface area (Å²) in [6, 6.07) is 25.1. The highest BCUT2D eigenvalue weighted by Gasteiger charge is 2.51. The van der Waals surface area contributed by atoms with Gasteiger partial charge in [-0.2, -0.15) is 0 Å². The van der Waals surface area contributed by atoms with E-state index in [2.05, 4.69) is 35.1 Å². The van der Waals surface area contributed by atoms with Crippen molar-refractivity contribution in [3.05, 3.63) is 107 Å². The Morgan fingerprint density at radius 3 is 1.18 bits per heavy atom. The molecule has 0 spiro atoms. The van der Waals surface area contributed by atoms with Gasteiger partial charge in [-0.25, -0.2) is 16.8 Å². The summed E-state index contributed by atoms with van der Waals surface area (Å²) in [5.74, 6) is -1.98. The molecular weight excluding hydrogens is 1280 g/mol. The number of carbonyl (C=O) groups is 2. The van der Waals surface area contributed by atoms with E-state index in [-0.39, 0.29) is 59.0 Å². The lowest BCUT2D eigenvalue weighted by atomic mass is 9.69. The van der Waals surface area contributed by atoms with Crippen LogP contribution in [0.1, 0.15) is 152 Å². The van der Waals surface area contributed by atoms with Crippen LogP contribution in [-0.4, -0.2) is 230 Å². The van der Waals surface area contributed by atoms with Crippen LogP contribution in [-0.2, 0) is 29.3 Å². The zero-order chi connectivity index (χ0) is 71.3. The highest BCUT2D eigenvalue weighted by Crippen LogP contribution is 2.51. The van der Waals surface area contributed by atoms with Crippen LogP contribution in [0, 0.1) is 10.8 Å². The number of amides is 2. The number of hydrogen-bond donors (Lipinski definition) is 16. The molecule has 24 nitrogen and oxygen atoms in total. The Morgan fingerprint density at radius 2 is 0.854 bits per heavy atom. The number of aliphatic hydroxyl groups is 12. The summed E-state index contributed by atoms with van der Waals surface area (Å²) in [7, 11) is 0.0950. The van der Waals surface area contributed by atoms with Crippen LogP contribution >= 0.6 is 0 Å². The molecule has 0 saturated heterocycles. The zero-order valence-corrected chi connectivity index (χ0v) is 58.7. The Hall–Kier alpha value is -5.24. The average Bonchev–Trinajstić information content (AvgIpc) is 1.59. The molecule has 2 amide bonds. The smallest absolute Gasteiger partial charge is 0.224 e. The summed E-state index contributed by atoms with van der Waals surface area (Å²) < 4.78 is 55.6. The summed E-state index contributed by atoms with van der Waals surface area (Å²) in [5.41, 5.74) is 3.55. The first-order valence-electron chi connectivity index (χ1n) is 33.7. The van der Waals surface area contributed by atoms with Crippen molar-refractivity contribution in [3.8, 4) is 0 Å². The molecule has 0 radical (unpaired) electrons. The third-order valence-electron chi connectivity index (χ3n) is 19.1. The maximum Gasteiger partial charge on any atom is 0.224 e. The summed E-state index contributed by atoms with van der Waals surface area (Å²) in [4.78, 5) is 30.0. The van der Waals surface area contributed by atoms with Crippen molar-refractivity contribution in [1.82, 2.24) is 10.6 Å². The van der Waals surface area contributed by atoms with Gasteiger partial charge in [0.15, 0.2) is 19.7 Å². The number of anilines is 4. The number of unbranched alkanes of at least 4 members (excludes halogenated alkanes) is 4. The maximum absolute atomic E-state index is 13.9. The van der Waals surface area contributed by atoms with Gasteiger partial charge in [-0.1, -0.05) is 77.6 Å². The highest BCUT2D eigenvalue weighted by molar-refractivity contribution is 7.91. The lowest BCUT2D eigenvalue weighted by Gasteiger charge is -2.39. The summed E-state index contributed by atoms with van der Waals surface area (Å²) >= 11 is 0. The van der Waals surface area contributed by atoms with E-state index in [0.717, 1.165) is 37.1 Å². The van der Waals surface area contributed by atoms with E-state index < -0.39 is 117 Å². The number of nitrogens with zero attached hydrogens (tertiary/aromatic N) is 2. The number of sulfone groups is 2. The van der Waals surface area contributed by atoms with Gasteiger partial charge in [0.1, 0.15) is 36.6 Å². The number of fused-ring (bicyclic) bond motifs is 2. The van der Waals surface area contributed by atoms with Gasteiger partial charge in [0.05, 0.1) is 58.9 Å².